The third-order valence-corrected chi connectivity index (χ3v) is 11.5. The van der Waals surface area contributed by atoms with E-state index in [1.165, 1.54) is 10.8 Å². The van der Waals surface area contributed by atoms with E-state index in [-0.39, 0.29) is 0 Å². The monoisotopic (exact) mass is 739 g/mol. The largest absolute Gasteiger partial charge is 0.292 e. The van der Waals surface area contributed by atoms with Crippen molar-refractivity contribution in [1.29, 1.82) is 0 Å². The molecular weight excluding hydrogens is 707 g/mol. The molecule has 5 nitrogen and oxygen atoms in total. The van der Waals surface area contributed by atoms with Gasteiger partial charge in [0.1, 0.15) is 5.65 Å². The molecule has 0 N–H and O–H groups in total. The van der Waals surface area contributed by atoms with Crippen LogP contribution in [-0.2, 0) is 0 Å². The number of para-hydroxylation sites is 4. The van der Waals surface area contributed by atoms with Gasteiger partial charge in [0.15, 0.2) is 0 Å². The number of hydrogen-bond acceptors (Lipinski definition) is 3. The summed E-state index contributed by atoms with van der Waals surface area (Å²) in [5.41, 5.74) is 14.5. The van der Waals surface area contributed by atoms with E-state index in [1.54, 1.807) is 0 Å². The Balaban J connectivity index is 1.17. The molecule has 0 bridgehead atoms. The minimum atomic E-state index is 0.610. The van der Waals surface area contributed by atoms with Crippen molar-refractivity contribution in [1.82, 2.24) is 23.9 Å². The first-order valence-electron chi connectivity index (χ1n) is 19.6. The Morgan fingerprint density at radius 3 is 1.52 bits per heavy atom. The smallest absolute Gasteiger partial charge is 0.235 e. The molecule has 0 fully saturated rings. The second kappa shape index (κ2) is 12.8. The van der Waals surface area contributed by atoms with Crippen LogP contribution in [0, 0.1) is 0 Å². The van der Waals surface area contributed by atoms with Crippen molar-refractivity contribution < 1.29 is 0 Å². The van der Waals surface area contributed by atoms with Crippen molar-refractivity contribution >= 4 is 60.2 Å². The van der Waals surface area contributed by atoms with Crippen LogP contribution in [0.1, 0.15) is 0 Å². The first-order chi connectivity index (χ1) is 28.8. The van der Waals surface area contributed by atoms with Crippen LogP contribution in [0.4, 0.5) is 0 Å². The molecule has 5 heteroatoms. The van der Waals surface area contributed by atoms with E-state index >= 15 is 0 Å². The van der Waals surface area contributed by atoms with Crippen molar-refractivity contribution in [3.05, 3.63) is 200 Å². The van der Waals surface area contributed by atoms with Crippen LogP contribution in [-0.4, -0.2) is 23.9 Å². The van der Waals surface area contributed by atoms with Crippen molar-refractivity contribution in [2.24, 2.45) is 0 Å². The van der Waals surface area contributed by atoms with Crippen LogP contribution < -0.4 is 0 Å². The molecule has 0 aliphatic heterocycles. The lowest BCUT2D eigenvalue weighted by Gasteiger charge is -2.14. The van der Waals surface area contributed by atoms with Gasteiger partial charge >= 0.3 is 0 Å². The predicted octanol–water partition coefficient (Wildman–Crippen LogP) is 13.3. The molecule has 8 aromatic carbocycles. The SMILES string of the molecule is c1ccc(-c2cccc(-c3cc(-c4cccc(-c5ccccc5)c4)nc(-n4c5ccccc5c5c6c(ccc54)c4ccccc4n4c5ccccc5nc64)n3)c2)cc1. The highest BCUT2D eigenvalue weighted by atomic mass is 15.2. The van der Waals surface area contributed by atoms with Gasteiger partial charge < -0.3 is 0 Å². The summed E-state index contributed by atoms with van der Waals surface area (Å²) in [4.78, 5) is 16.2. The van der Waals surface area contributed by atoms with E-state index in [1.807, 2.05) is 0 Å². The fourth-order valence-electron chi connectivity index (χ4n) is 8.87. The van der Waals surface area contributed by atoms with Crippen molar-refractivity contribution in [3.63, 3.8) is 0 Å². The zero-order valence-electron chi connectivity index (χ0n) is 31.3. The summed E-state index contributed by atoms with van der Waals surface area (Å²) in [6, 6.07) is 70.7. The van der Waals surface area contributed by atoms with Crippen molar-refractivity contribution in [3.8, 4) is 50.7 Å². The average molecular weight is 740 g/mol. The molecule has 58 heavy (non-hydrogen) atoms. The first-order valence-corrected chi connectivity index (χ1v) is 19.6. The highest BCUT2D eigenvalue weighted by molar-refractivity contribution is 6.29. The number of aromatic nitrogens is 5. The third-order valence-electron chi connectivity index (χ3n) is 11.5. The molecule has 0 aliphatic carbocycles. The zero-order valence-corrected chi connectivity index (χ0v) is 31.3. The molecular formula is C53H33N5. The van der Waals surface area contributed by atoms with Gasteiger partial charge in [-0.2, -0.15) is 0 Å². The van der Waals surface area contributed by atoms with E-state index in [9.17, 15) is 0 Å². The van der Waals surface area contributed by atoms with Gasteiger partial charge in [0.25, 0.3) is 0 Å². The highest BCUT2D eigenvalue weighted by Crippen LogP contribution is 2.42. The standard InChI is InChI=1S/C53H33N5/c1-3-15-34(16-4-1)36-19-13-21-38(31-36)44-33-45(39-22-14-20-37(32-39)35-17-5-2-6-18-35)56-53(55-44)58-47-27-11-8-24-42(47)50-49(58)30-29-41-40-23-7-10-26-46(40)57-48-28-12-9-25-43(48)54-52(57)51(41)50/h1-33H. The maximum Gasteiger partial charge on any atom is 0.235 e. The number of pyridine rings is 1. The minimum absolute atomic E-state index is 0.610. The topological polar surface area (TPSA) is 48.0 Å². The Bertz CT molecular complexity index is 3460. The predicted molar refractivity (Wildman–Crippen MR) is 239 cm³/mol. The molecule has 0 radical (unpaired) electrons. The number of imidazole rings is 1. The molecule has 0 atom stereocenters. The summed E-state index contributed by atoms with van der Waals surface area (Å²) >= 11 is 0. The fraction of sp³-hybridized carbons (Fsp3) is 0. The van der Waals surface area contributed by atoms with E-state index in [2.05, 4.69) is 209 Å². The summed E-state index contributed by atoms with van der Waals surface area (Å²) in [7, 11) is 0. The van der Waals surface area contributed by atoms with Gasteiger partial charge in [-0.15, -0.1) is 0 Å². The number of fused-ring (bicyclic) bond motifs is 12. The lowest BCUT2D eigenvalue weighted by molar-refractivity contribution is 0.996. The molecule has 0 aliphatic rings. The molecule has 0 spiro atoms. The maximum atomic E-state index is 5.45. The molecule has 0 amide bonds. The van der Waals surface area contributed by atoms with Crippen LogP contribution in [0.2, 0.25) is 0 Å². The van der Waals surface area contributed by atoms with Crippen LogP contribution in [0.5, 0.6) is 0 Å². The van der Waals surface area contributed by atoms with Crippen LogP contribution in [0.15, 0.2) is 200 Å². The highest BCUT2D eigenvalue weighted by Gasteiger charge is 2.22. The van der Waals surface area contributed by atoms with Gasteiger partial charge in [0.05, 0.1) is 39.0 Å². The Hall–Kier alpha value is -7.89. The number of rotatable bonds is 5. The van der Waals surface area contributed by atoms with Crippen LogP contribution in [0.3, 0.4) is 0 Å². The molecule has 12 rings (SSSR count). The Labute approximate surface area is 333 Å². The van der Waals surface area contributed by atoms with Gasteiger partial charge in [0, 0.05) is 32.7 Å². The third kappa shape index (κ3) is 5.00. The lowest BCUT2D eigenvalue weighted by Crippen LogP contribution is -2.04. The van der Waals surface area contributed by atoms with Gasteiger partial charge in [-0.3, -0.25) is 8.97 Å². The summed E-state index contributed by atoms with van der Waals surface area (Å²) < 4.78 is 4.57. The molecule has 12 aromatic rings. The van der Waals surface area contributed by atoms with Gasteiger partial charge in [0.2, 0.25) is 5.95 Å². The summed E-state index contributed by atoms with van der Waals surface area (Å²) in [6.45, 7) is 0. The van der Waals surface area contributed by atoms with Gasteiger partial charge in [-0.05, 0) is 76.2 Å². The summed E-state index contributed by atoms with van der Waals surface area (Å²) in [6.07, 6.45) is 0. The Kier molecular flexibility index (Phi) is 7.16. The molecule has 270 valence electrons. The maximum absolute atomic E-state index is 5.45. The number of hydrogen-bond donors (Lipinski definition) is 0. The van der Waals surface area contributed by atoms with Crippen LogP contribution >= 0.6 is 0 Å². The van der Waals surface area contributed by atoms with Crippen molar-refractivity contribution in [2.75, 3.05) is 0 Å². The number of benzene rings is 8. The Morgan fingerprint density at radius 1 is 0.310 bits per heavy atom. The molecule has 0 unspecified atom stereocenters. The second-order valence-corrected chi connectivity index (χ2v) is 14.8. The average Bonchev–Trinajstić information content (AvgIpc) is 3.86. The van der Waals surface area contributed by atoms with Gasteiger partial charge in [-0.25, -0.2) is 15.0 Å². The van der Waals surface area contributed by atoms with Crippen LogP contribution in [0.25, 0.3) is 111 Å². The van der Waals surface area contributed by atoms with E-state index < -0.39 is 0 Å². The molecule has 4 aromatic heterocycles. The molecule has 0 saturated carbocycles. The van der Waals surface area contributed by atoms with Gasteiger partial charge in [-0.1, -0.05) is 152 Å². The minimum Gasteiger partial charge on any atom is -0.292 e. The fourth-order valence-corrected chi connectivity index (χ4v) is 8.87. The first kappa shape index (κ1) is 32.4. The number of nitrogens with zero attached hydrogens (tertiary/aromatic N) is 5. The van der Waals surface area contributed by atoms with E-state index in [0.29, 0.717) is 5.95 Å². The van der Waals surface area contributed by atoms with E-state index in [0.717, 1.165) is 94.2 Å². The normalized spacial score (nSPS) is 11.8. The molecule has 0 saturated heterocycles. The molecule has 4 heterocycles. The van der Waals surface area contributed by atoms with Crippen molar-refractivity contribution in [2.45, 2.75) is 0 Å². The second-order valence-electron chi connectivity index (χ2n) is 14.8. The summed E-state index contributed by atoms with van der Waals surface area (Å²) in [5, 5.41) is 5.72. The summed E-state index contributed by atoms with van der Waals surface area (Å²) in [5.74, 6) is 0.610. The lowest BCUT2D eigenvalue weighted by atomic mass is 9.99. The van der Waals surface area contributed by atoms with E-state index in [4.69, 9.17) is 15.0 Å². The zero-order chi connectivity index (χ0) is 38.2. The quantitative estimate of drug-likeness (QED) is 0.165. The Morgan fingerprint density at radius 2 is 0.845 bits per heavy atom.